The Balaban J connectivity index is 2.72. The zero-order valence-corrected chi connectivity index (χ0v) is 12.3. The number of rotatable bonds is 6. The third-order valence-electron chi connectivity index (χ3n) is 2.47. The van der Waals surface area contributed by atoms with Gasteiger partial charge in [0.25, 0.3) is 11.6 Å². The van der Waals surface area contributed by atoms with Crippen LogP contribution in [0.3, 0.4) is 0 Å². The zero-order chi connectivity index (χ0) is 14.4. The Hall–Kier alpha value is -1.47. The third-order valence-corrected chi connectivity index (χ3v) is 3.14. The van der Waals surface area contributed by atoms with Crippen molar-refractivity contribution in [1.29, 1.82) is 0 Å². The molecule has 1 atom stereocenters. The molecule has 19 heavy (non-hydrogen) atoms. The highest BCUT2D eigenvalue weighted by molar-refractivity contribution is 9.10. The lowest BCUT2D eigenvalue weighted by atomic mass is 10.1. The molecule has 0 aliphatic heterocycles. The van der Waals surface area contributed by atoms with E-state index in [-0.39, 0.29) is 23.1 Å². The minimum atomic E-state index is -0.533. The number of methoxy groups -OCH3 is 1. The fourth-order valence-electron chi connectivity index (χ4n) is 1.51. The predicted octanol–water partition coefficient (Wildman–Crippen LogP) is 2.37. The van der Waals surface area contributed by atoms with E-state index in [1.807, 2.05) is 6.92 Å². The van der Waals surface area contributed by atoms with Crippen molar-refractivity contribution in [3.05, 3.63) is 38.3 Å². The van der Waals surface area contributed by atoms with Gasteiger partial charge in [-0.15, -0.1) is 0 Å². The van der Waals surface area contributed by atoms with E-state index < -0.39 is 4.92 Å². The first-order valence-electron chi connectivity index (χ1n) is 5.66. The number of nitro groups is 1. The van der Waals surface area contributed by atoms with Crippen molar-refractivity contribution in [3.8, 4) is 0 Å². The van der Waals surface area contributed by atoms with Crippen molar-refractivity contribution in [2.24, 2.45) is 5.92 Å². The maximum Gasteiger partial charge on any atom is 0.284 e. The SMILES string of the molecule is COCC(C)CNC(=O)c1ccc(Br)c([N+](=O)[O-])c1. The normalized spacial score (nSPS) is 11.9. The number of hydrogen-bond donors (Lipinski definition) is 1. The molecule has 1 aromatic rings. The standard InChI is InChI=1S/C12H15BrN2O4/c1-8(7-19-2)6-14-12(16)9-3-4-10(13)11(5-9)15(17)18/h3-5,8H,6-7H2,1-2H3,(H,14,16). The molecule has 0 aliphatic carbocycles. The van der Waals surface area contributed by atoms with Gasteiger partial charge < -0.3 is 10.1 Å². The molecule has 1 rings (SSSR count). The molecular formula is C12H15BrN2O4. The Morgan fingerprint density at radius 3 is 2.84 bits per heavy atom. The molecule has 1 amide bonds. The minimum absolute atomic E-state index is 0.127. The minimum Gasteiger partial charge on any atom is -0.384 e. The Kier molecular flexibility index (Phi) is 5.91. The van der Waals surface area contributed by atoms with E-state index in [0.29, 0.717) is 17.6 Å². The van der Waals surface area contributed by atoms with E-state index in [2.05, 4.69) is 21.2 Å². The number of amides is 1. The van der Waals surface area contributed by atoms with Gasteiger partial charge in [-0.2, -0.15) is 0 Å². The summed E-state index contributed by atoms with van der Waals surface area (Å²) in [6.45, 7) is 2.94. The quantitative estimate of drug-likeness (QED) is 0.641. The topological polar surface area (TPSA) is 81.5 Å². The number of nitro benzene ring substituents is 1. The fourth-order valence-corrected chi connectivity index (χ4v) is 1.90. The summed E-state index contributed by atoms with van der Waals surface area (Å²) in [5.41, 5.74) is 0.136. The number of nitrogens with zero attached hydrogens (tertiary/aromatic N) is 1. The number of carbonyl (C=O) groups is 1. The molecule has 0 saturated heterocycles. The van der Waals surface area contributed by atoms with Crippen molar-refractivity contribution < 1.29 is 14.5 Å². The van der Waals surface area contributed by atoms with Crippen molar-refractivity contribution in [2.75, 3.05) is 20.3 Å². The summed E-state index contributed by atoms with van der Waals surface area (Å²) in [7, 11) is 1.59. The van der Waals surface area contributed by atoms with E-state index in [1.165, 1.54) is 18.2 Å². The van der Waals surface area contributed by atoms with Crippen LogP contribution in [0.2, 0.25) is 0 Å². The second-order valence-electron chi connectivity index (χ2n) is 4.19. The molecule has 1 unspecified atom stereocenters. The summed E-state index contributed by atoms with van der Waals surface area (Å²) in [6.07, 6.45) is 0. The zero-order valence-electron chi connectivity index (χ0n) is 10.7. The van der Waals surface area contributed by atoms with Crippen LogP contribution in [0.1, 0.15) is 17.3 Å². The average Bonchev–Trinajstić information content (AvgIpc) is 2.36. The fraction of sp³-hybridized carbons (Fsp3) is 0.417. The van der Waals surface area contributed by atoms with Gasteiger partial charge in [0.15, 0.2) is 0 Å². The molecule has 7 heteroatoms. The Morgan fingerprint density at radius 1 is 1.58 bits per heavy atom. The van der Waals surface area contributed by atoms with Gasteiger partial charge in [-0.1, -0.05) is 6.92 Å². The highest BCUT2D eigenvalue weighted by Crippen LogP contribution is 2.25. The number of nitrogens with one attached hydrogen (secondary N) is 1. The van der Waals surface area contributed by atoms with Gasteiger partial charge in [-0.05, 0) is 34.0 Å². The number of ether oxygens (including phenoxy) is 1. The number of halogens is 1. The Bertz CT molecular complexity index is 479. The van der Waals surface area contributed by atoms with Gasteiger partial charge in [0, 0.05) is 25.3 Å². The smallest absolute Gasteiger partial charge is 0.284 e. The molecule has 1 N–H and O–H groups in total. The lowest BCUT2D eigenvalue weighted by Crippen LogP contribution is -2.29. The second-order valence-corrected chi connectivity index (χ2v) is 5.05. The molecule has 0 spiro atoms. The maximum atomic E-state index is 11.8. The third kappa shape index (κ3) is 4.60. The van der Waals surface area contributed by atoms with Crippen LogP contribution >= 0.6 is 15.9 Å². The molecule has 0 radical (unpaired) electrons. The van der Waals surface area contributed by atoms with Crippen molar-refractivity contribution in [3.63, 3.8) is 0 Å². The monoisotopic (exact) mass is 330 g/mol. The molecular weight excluding hydrogens is 316 g/mol. The van der Waals surface area contributed by atoms with E-state index in [0.717, 1.165) is 0 Å². The van der Waals surface area contributed by atoms with Gasteiger partial charge in [0.05, 0.1) is 16.0 Å². The van der Waals surface area contributed by atoms with Gasteiger partial charge in [0.2, 0.25) is 0 Å². The molecule has 6 nitrogen and oxygen atoms in total. The van der Waals surface area contributed by atoms with Crippen LogP contribution < -0.4 is 5.32 Å². The lowest BCUT2D eigenvalue weighted by molar-refractivity contribution is -0.385. The highest BCUT2D eigenvalue weighted by atomic mass is 79.9. The number of benzene rings is 1. The molecule has 0 aromatic heterocycles. The van der Waals surface area contributed by atoms with Gasteiger partial charge >= 0.3 is 0 Å². The summed E-state index contributed by atoms with van der Waals surface area (Å²) in [6, 6.07) is 4.28. The lowest BCUT2D eigenvalue weighted by Gasteiger charge is -2.11. The van der Waals surface area contributed by atoms with Crippen LogP contribution in [0.25, 0.3) is 0 Å². The van der Waals surface area contributed by atoms with Crippen LogP contribution in [0.5, 0.6) is 0 Å². The molecule has 0 fully saturated rings. The second kappa shape index (κ2) is 7.20. The van der Waals surface area contributed by atoms with Gasteiger partial charge in [-0.3, -0.25) is 14.9 Å². The first-order valence-corrected chi connectivity index (χ1v) is 6.46. The van der Waals surface area contributed by atoms with Gasteiger partial charge in [0.1, 0.15) is 0 Å². The average molecular weight is 331 g/mol. The molecule has 0 aliphatic rings. The Morgan fingerprint density at radius 2 is 2.26 bits per heavy atom. The molecule has 104 valence electrons. The molecule has 0 bridgehead atoms. The summed E-state index contributed by atoms with van der Waals surface area (Å²) in [5.74, 6) is -0.155. The predicted molar refractivity (Wildman–Crippen MR) is 74.2 cm³/mol. The van der Waals surface area contributed by atoms with Crippen LogP contribution in [0.15, 0.2) is 22.7 Å². The summed E-state index contributed by atoms with van der Waals surface area (Å²) in [5, 5.41) is 13.5. The van der Waals surface area contributed by atoms with E-state index in [4.69, 9.17) is 4.74 Å². The summed E-state index contributed by atoms with van der Waals surface area (Å²) < 4.78 is 5.31. The summed E-state index contributed by atoms with van der Waals surface area (Å²) >= 11 is 3.07. The Labute approximate surface area is 119 Å². The first-order chi connectivity index (χ1) is 8.95. The maximum absolute atomic E-state index is 11.8. The summed E-state index contributed by atoms with van der Waals surface area (Å²) in [4.78, 5) is 22.1. The van der Waals surface area contributed by atoms with Crippen LogP contribution in [-0.4, -0.2) is 31.1 Å². The van der Waals surface area contributed by atoms with E-state index in [9.17, 15) is 14.9 Å². The van der Waals surface area contributed by atoms with Crippen molar-refractivity contribution in [2.45, 2.75) is 6.92 Å². The van der Waals surface area contributed by atoms with Crippen LogP contribution in [0.4, 0.5) is 5.69 Å². The van der Waals surface area contributed by atoms with Crippen molar-refractivity contribution in [1.82, 2.24) is 5.32 Å². The van der Waals surface area contributed by atoms with Gasteiger partial charge in [-0.25, -0.2) is 0 Å². The highest BCUT2D eigenvalue weighted by Gasteiger charge is 2.16. The number of hydrogen-bond acceptors (Lipinski definition) is 4. The van der Waals surface area contributed by atoms with Crippen molar-refractivity contribution >= 4 is 27.5 Å². The number of carbonyl (C=O) groups excluding carboxylic acids is 1. The van der Waals surface area contributed by atoms with Crippen LogP contribution in [-0.2, 0) is 4.74 Å². The molecule has 0 saturated carbocycles. The molecule has 1 aromatic carbocycles. The van der Waals surface area contributed by atoms with E-state index in [1.54, 1.807) is 7.11 Å². The van der Waals surface area contributed by atoms with E-state index >= 15 is 0 Å². The van der Waals surface area contributed by atoms with Crippen LogP contribution in [0, 0.1) is 16.0 Å². The molecule has 0 heterocycles. The first kappa shape index (κ1) is 15.6. The largest absolute Gasteiger partial charge is 0.384 e.